The molecular weight excluding hydrogens is 587 g/mol. The molecule has 2 aromatic heterocycles. The van der Waals surface area contributed by atoms with Crippen LogP contribution in [0.15, 0.2) is 97.2 Å². The fourth-order valence-corrected chi connectivity index (χ4v) is 5.88. The van der Waals surface area contributed by atoms with Gasteiger partial charge in [0, 0.05) is 23.1 Å². The summed E-state index contributed by atoms with van der Waals surface area (Å²) in [5, 5.41) is 10.8. The fourth-order valence-electron chi connectivity index (χ4n) is 5.88. The minimum absolute atomic E-state index is 0.0152. The second-order valence-corrected chi connectivity index (χ2v) is 17.2. The zero-order valence-electron chi connectivity index (χ0n) is 31.0. The molecule has 48 heavy (non-hydrogen) atoms. The molecule has 2 heterocycles. The summed E-state index contributed by atoms with van der Waals surface area (Å²) in [5.41, 5.74) is 10.1. The summed E-state index contributed by atoms with van der Waals surface area (Å²) in [7, 11) is 0. The molecule has 4 nitrogen and oxygen atoms in total. The monoisotopic (exact) mass is 639 g/mol. The Kier molecular flexibility index (Phi) is 9.11. The third-order valence-electron chi connectivity index (χ3n) is 9.00. The number of anilines is 3. The maximum atomic E-state index is 10.8. The summed E-state index contributed by atoms with van der Waals surface area (Å²) in [5.74, 6) is 1.06. The standard InChI is InChI=1S/C44H53N3O/c1-41(2,3)30-24-31(42(4,5)6)26-34(25-30)47(33-18-15-17-29(23-33)35-19-13-14-21-38(35)48)39-22-16-20-37(46-39)40-36(44(10,11)12)27-32(28-45-40)43(7,8)9/h13-28,48H,1-12H3. The highest BCUT2D eigenvalue weighted by Crippen LogP contribution is 2.42. The topological polar surface area (TPSA) is 49.2 Å². The number of para-hydroxylation sites is 1. The maximum absolute atomic E-state index is 10.8. The first-order valence-electron chi connectivity index (χ1n) is 17.1. The third kappa shape index (κ3) is 7.49. The number of benzene rings is 3. The Morgan fingerprint density at radius 1 is 0.542 bits per heavy atom. The van der Waals surface area contributed by atoms with Crippen LogP contribution < -0.4 is 4.90 Å². The lowest BCUT2D eigenvalue weighted by Gasteiger charge is -2.31. The van der Waals surface area contributed by atoms with E-state index in [2.05, 4.69) is 149 Å². The molecule has 0 aliphatic rings. The van der Waals surface area contributed by atoms with Gasteiger partial charge in [-0.1, -0.05) is 132 Å². The normalized spacial score (nSPS) is 12.7. The molecule has 0 atom stereocenters. The van der Waals surface area contributed by atoms with Crippen molar-refractivity contribution in [3.05, 3.63) is 119 Å². The number of aromatic hydroxyl groups is 1. The first-order chi connectivity index (χ1) is 22.2. The summed E-state index contributed by atoms with van der Waals surface area (Å²) in [4.78, 5) is 12.7. The van der Waals surface area contributed by atoms with Gasteiger partial charge in [0.05, 0.1) is 11.4 Å². The van der Waals surface area contributed by atoms with Gasteiger partial charge in [-0.15, -0.1) is 0 Å². The molecular formula is C44H53N3O. The quantitative estimate of drug-likeness (QED) is 0.208. The van der Waals surface area contributed by atoms with Gasteiger partial charge >= 0.3 is 0 Å². The Balaban J connectivity index is 1.79. The van der Waals surface area contributed by atoms with Gasteiger partial charge in [-0.05, 0) is 91.9 Å². The largest absolute Gasteiger partial charge is 0.507 e. The van der Waals surface area contributed by atoms with Gasteiger partial charge in [-0.25, -0.2) is 4.98 Å². The van der Waals surface area contributed by atoms with E-state index in [4.69, 9.17) is 9.97 Å². The van der Waals surface area contributed by atoms with Crippen molar-refractivity contribution in [1.82, 2.24) is 9.97 Å². The van der Waals surface area contributed by atoms with E-state index in [0.29, 0.717) is 0 Å². The molecule has 0 amide bonds. The third-order valence-corrected chi connectivity index (χ3v) is 9.00. The molecule has 3 aromatic carbocycles. The van der Waals surface area contributed by atoms with E-state index in [0.717, 1.165) is 39.7 Å². The van der Waals surface area contributed by atoms with Crippen molar-refractivity contribution < 1.29 is 5.11 Å². The van der Waals surface area contributed by atoms with Crippen molar-refractivity contribution in [2.75, 3.05) is 4.90 Å². The fraction of sp³-hybridized carbons (Fsp3) is 0.364. The van der Waals surface area contributed by atoms with Crippen LogP contribution in [-0.4, -0.2) is 15.1 Å². The molecule has 5 rings (SSSR count). The van der Waals surface area contributed by atoms with Crippen LogP contribution in [0.3, 0.4) is 0 Å². The predicted octanol–water partition coefficient (Wildman–Crippen LogP) is 12.2. The highest BCUT2D eigenvalue weighted by atomic mass is 16.3. The van der Waals surface area contributed by atoms with E-state index in [1.54, 1.807) is 6.07 Å². The molecule has 0 fully saturated rings. The zero-order valence-corrected chi connectivity index (χ0v) is 31.0. The predicted molar refractivity (Wildman–Crippen MR) is 204 cm³/mol. The van der Waals surface area contributed by atoms with Crippen molar-refractivity contribution >= 4 is 17.2 Å². The molecule has 0 aliphatic carbocycles. The lowest BCUT2D eigenvalue weighted by atomic mass is 9.80. The van der Waals surface area contributed by atoms with Crippen molar-refractivity contribution in [1.29, 1.82) is 0 Å². The first-order valence-corrected chi connectivity index (χ1v) is 17.1. The van der Waals surface area contributed by atoms with Crippen LogP contribution in [0, 0.1) is 0 Å². The molecule has 0 bridgehead atoms. The minimum atomic E-state index is -0.129. The Morgan fingerprint density at radius 2 is 1.15 bits per heavy atom. The van der Waals surface area contributed by atoms with Gasteiger partial charge in [-0.2, -0.15) is 0 Å². The summed E-state index contributed by atoms with van der Waals surface area (Å²) in [6.45, 7) is 27.0. The average Bonchev–Trinajstić information content (AvgIpc) is 2.99. The van der Waals surface area contributed by atoms with Crippen LogP contribution in [0.5, 0.6) is 5.75 Å². The molecule has 4 heteroatoms. The van der Waals surface area contributed by atoms with Gasteiger partial charge < -0.3 is 5.11 Å². The average molecular weight is 640 g/mol. The Bertz CT molecular complexity index is 1890. The Hall–Kier alpha value is -4.44. The number of nitrogens with zero attached hydrogens (tertiary/aromatic N) is 3. The molecule has 250 valence electrons. The van der Waals surface area contributed by atoms with Gasteiger partial charge in [0.2, 0.25) is 0 Å². The van der Waals surface area contributed by atoms with Gasteiger partial charge in [0.25, 0.3) is 0 Å². The van der Waals surface area contributed by atoms with E-state index in [1.165, 1.54) is 22.3 Å². The van der Waals surface area contributed by atoms with E-state index in [-0.39, 0.29) is 27.4 Å². The van der Waals surface area contributed by atoms with Gasteiger partial charge in [0.1, 0.15) is 11.6 Å². The van der Waals surface area contributed by atoms with Crippen LogP contribution in [-0.2, 0) is 21.7 Å². The van der Waals surface area contributed by atoms with Crippen LogP contribution in [0.4, 0.5) is 17.2 Å². The number of hydrogen-bond donors (Lipinski definition) is 1. The number of phenols is 1. The Morgan fingerprint density at radius 3 is 1.73 bits per heavy atom. The minimum Gasteiger partial charge on any atom is -0.507 e. The van der Waals surface area contributed by atoms with Gasteiger partial charge in [-0.3, -0.25) is 9.88 Å². The van der Waals surface area contributed by atoms with Crippen molar-refractivity contribution in [2.45, 2.75) is 105 Å². The second kappa shape index (κ2) is 12.5. The number of hydrogen-bond acceptors (Lipinski definition) is 4. The zero-order chi connectivity index (χ0) is 35.2. The second-order valence-electron chi connectivity index (χ2n) is 17.2. The maximum Gasteiger partial charge on any atom is 0.138 e. The number of aromatic nitrogens is 2. The molecule has 0 saturated heterocycles. The summed E-state index contributed by atoms with van der Waals surface area (Å²) in [6, 6.07) is 31.3. The van der Waals surface area contributed by atoms with Crippen LogP contribution in [0.25, 0.3) is 22.5 Å². The summed E-state index contributed by atoms with van der Waals surface area (Å²) < 4.78 is 0. The van der Waals surface area contributed by atoms with E-state index >= 15 is 0 Å². The van der Waals surface area contributed by atoms with Crippen molar-refractivity contribution in [2.24, 2.45) is 0 Å². The van der Waals surface area contributed by atoms with Crippen LogP contribution in [0.2, 0.25) is 0 Å². The Labute approximate surface area is 288 Å². The van der Waals surface area contributed by atoms with Crippen LogP contribution >= 0.6 is 0 Å². The first kappa shape index (κ1) is 34.9. The molecule has 0 saturated carbocycles. The summed E-state index contributed by atoms with van der Waals surface area (Å²) in [6.07, 6.45) is 2.01. The summed E-state index contributed by atoms with van der Waals surface area (Å²) >= 11 is 0. The molecule has 0 aliphatic heterocycles. The molecule has 0 unspecified atom stereocenters. The molecule has 5 aromatic rings. The molecule has 1 N–H and O–H groups in total. The van der Waals surface area contributed by atoms with Crippen molar-refractivity contribution in [3.8, 4) is 28.3 Å². The smallest absolute Gasteiger partial charge is 0.138 e. The number of pyridine rings is 2. The van der Waals surface area contributed by atoms with E-state index in [1.807, 2.05) is 30.5 Å². The molecule has 0 radical (unpaired) electrons. The highest BCUT2D eigenvalue weighted by Gasteiger charge is 2.27. The van der Waals surface area contributed by atoms with Crippen molar-refractivity contribution in [3.63, 3.8) is 0 Å². The lowest BCUT2D eigenvalue weighted by molar-refractivity contribution is 0.477. The highest BCUT2D eigenvalue weighted by molar-refractivity contribution is 5.81. The molecule has 0 spiro atoms. The number of rotatable bonds is 5. The lowest BCUT2D eigenvalue weighted by Crippen LogP contribution is -2.20. The van der Waals surface area contributed by atoms with E-state index in [9.17, 15) is 5.11 Å². The van der Waals surface area contributed by atoms with Crippen LogP contribution in [0.1, 0.15) is 105 Å². The van der Waals surface area contributed by atoms with Gasteiger partial charge in [0.15, 0.2) is 0 Å². The SMILES string of the molecule is CC(C)(C)c1cc(N(c2cccc(-c3ccccc3O)c2)c2cccc(-c3ncc(C(C)(C)C)cc3C(C)(C)C)n2)cc(C(C)(C)C)c1. The van der Waals surface area contributed by atoms with E-state index < -0.39 is 0 Å². The number of phenolic OH excluding ortho intramolecular Hbond substituents is 1.